The average molecular weight is 359 g/mol. The van der Waals surface area contributed by atoms with Crippen LogP contribution in [-0.2, 0) is 12.8 Å². The number of aromatic nitrogens is 1. The lowest BCUT2D eigenvalue weighted by atomic mass is 9.92. The van der Waals surface area contributed by atoms with E-state index in [1.165, 1.54) is 51.9 Å². The Kier molecular flexibility index (Phi) is 3.83. The standard InChI is InChI=1S/C23H18FNS/c24-17-12-10-16(11-13-17)20-14-19(15-6-2-1-3-7-15)22-18-8-4-5-9-21(18)26-23(22)25-20/h1-3,6-7,10-14H,4-5,8-9H2. The first-order valence-corrected chi connectivity index (χ1v) is 9.88. The summed E-state index contributed by atoms with van der Waals surface area (Å²) in [5, 5.41) is 1.32. The van der Waals surface area contributed by atoms with Gasteiger partial charge < -0.3 is 0 Å². The van der Waals surface area contributed by atoms with Gasteiger partial charge in [0.25, 0.3) is 0 Å². The molecule has 26 heavy (non-hydrogen) atoms. The molecule has 0 amide bonds. The molecule has 4 aromatic rings. The molecule has 0 saturated carbocycles. The van der Waals surface area contributed by atoms with Gasteiger partial charge in [0.1, 0.15) is 10.6 Å². The summed E-state index contributed by atoms with van der Waals surface area (Å²) >= 11 is 1.84. The van der Waals surface area contributed by atoms with Crippen molar-refractivity contribution in [1.29, 1.82) is 0 Å². The predicted molar refractivity (Wildman–Crippen MR) is 107 cm³/mol. The number of hydrogen-bond acceptors (Lipinski definition) is 2. The van der Waals surface area contributed by atoms with Crippen molar-refractivity contribution in [2.45, 2.75) is 25.7 Å². The van der Waals surface area contributed by atoms with E-state index in [4.69, 9.17) is 4.98 Å². The van der Waals surface area contributed by atoms with Crippen LogP contribution in [0, 0.1) is 5.82 Å². The Labute approximate surface area is 156 Å². The van der Waals surface area contributed by atoms with Gasteiger partial charge in [-0.1, -0.05) is 30.3 Å². The summed E-state index contributed by atoms with van der Waals surface area (Å²) in [6.45, 7) is 0. The maximum absolute atomic E-state index is 13.3. The van der Waals surface area contributed by atoms with Crippen molar-refractivity contribution in [2.24, 2.45) is 0 Å². The summed E-state index contributed by atoms with van der Waals surface area (Å²) in [5.41, 5.74) is 5.82. The highest BCUT2D eigenvalue weighted by Gasteiger charge is 2.21. The lowest BCUT2D eigenvalue weighted by Gasteiger charge is -2.13. The number of aryl methyl sites for hydroxylation is 2. The first kappa shape index (κ1) is 15.7. The molecule has 0 N–H and O–H groups in total. The smallest absolute Gasteiger partial charge is 0.125 e. The second-order valence-corrected chi connectivity index (χ2v) is 7.90. The molecule has 0 radical (unpaired) electrons. The number of fused-ring (bicyclic) bond motifs is 3. The lowest BCUT2D eigenvalue weighted by Crippen LogP contribution is -1.98. The number of hydrogen-bond donors (Lipinski definition) is 0. The third-order valence-electron chi connectivity index (χ3n) is 5.15. The quantitative estimate of drug-likeness (QED) is 0.390. The molecule has 5 rings (SSSR count). The van der Waals surface area contributed by atoms with E-state index >= 15 is 0 Å². The van der Waals surface area contributed by atoms with Crippen LogP contribution in [0.2, 0.25) is 0 Å². The largest absolute Gasteiger partial charge is 0.237 e. The summed E-state index contributed by atoms with van der Waals surface area (Å²) in [6.07, 6.45) is 4.83. The molecule has 0 bridgehead atoms. The molecular weight excluding hydrogens is 341 g/mol. The van der Waals surface area contributed by atoms with Crippen LogP contribution in [0.3, 0.4) is 0 Å². The molecule has 128 valence electrons. The van der Waals surface area contributed by atoms with Crippen LogP contribution in [0.5, 0.6) is 0 Å². The van der Waals surface area contributed by atoms with E-state index in [0.717, 1.165) is 28.9 Å². The molecular formula is C23H18FNS. The predicted octanol–water partition coefficient (Wildman–Crippen LogP) is 6.65. The van der Waals surface area contributed by atoms with E-state index in [1.807, 2.05) is 29.5 Å². The zero-order valence-corrected chi connectivity index (χ0v) is 15.2. The fraction of sp³-hybridized carbons (Fsp3) is 0.174. The van der Waals surface area contributed by atoms with Crippen molar-refractivity contribution in [2.75, 3.05) is 0 Å². The van der Waals surface area contributed by atoms with Crippen LogP contribution in [-0.4, -0.2) is 4.98 Å². The molecule has 0 unspecified atom stereocenters. The molecule has 1 aliphatic rings. The summed E-state index contributed by atoms with van der Waals surface area (Å²) in [5.74, 6) is -0.218. The van der Waals surface area contributed by atoms with E-state index in [-0.39, 0.29) is 5.82 Å². The fourth-order valence-corrected chi connectivity index (χ4v) is 5.16. The van der Waals surface area contributed by atoms with Gasteiger partial charge in [-0.15, -0.1) is 11.3 Å². The van der Waals surface area contributed by atoms with Crippen LogP contribution in [0.4, 0.5) is 4.39 Å². The van der Waals surface area contributed by atoms with Gasteiger partial charge in [-0.05, 0) is 72.7 Å². The number of nitrogens with zero attached hydrogens (tertiary/aromatic N) is 1. The maximum Gasteiger partial charge on any atom is 0.125 e. The zero-order valence-electron chi connectivity index (χ0n) is 14.3. The number of halogens is 1. The monoisotopic (exact) mass is 359 g/mol. The third-order valence-corrected chi connectivity index (χ3v) is 6.34. The van der Waals surface area contributed by atoms with Crippen molar-refractivity contribution < 1.29 is 4.39 Å². The van der Waals surface area contributed by atoms with Crippen LogP contribution in [0.15, 0.2) is 60.7 Å². The second kappa shape index (κ2) is 6.33. The van der Waals surface area contributed by atoms with Crippen LogP contribution in [0.1, 0.15) is 23.3 Å². The highest BCUT2D eigenvalue weighted by atomic mass is 32.1. The van der Waals surface area contributed by atoms with E-state index in [9.17, 15) is 4.39 Å². The van der Waals surface area contributed by atoms with E-state index in [0.29, 0.717) is 0 Å². The number of rotatable bonds is 2. The minimum atomic E-state index is -0.218. The van der Waals surface area contributed by atoms with Gasteiger partial charge in [-0.25, -0.2) is 9.37 Å². The lowest BCUT2D eigenvalue weighted by molar-refractivity contribution is 0.628. The van der Waals surface area contributed by atoms with Gasteiger partial charge in [0, 0.05) is 15.8 Å². The minimum absolute atomic E-state index is 0.218. The number of thiophene rings is 1. The van der Waals surface area contributed by atoms with Crippen molar-refractivity contribution >= 4 is 21.6 Å². The molecule has 1 aliphatic carbocycles. The van der Waals surface area contributed by atoms with Gasteiger partial charge in [-0.2, -0.15) is 0 Å². The van der Waals surface area contributed by atoms with Gasteiger partial charge in [0.15, 0.2) is 0 Å². The molecule has 2 heterocycles. The topological polar surface area (TPSA) is 12.9 Å². The normalized spacial score (nSPS) is 13.7. The molecule has 0 fully saturated rings. The van der Waals surface area contributed by atoms with Gasteiger partial charge in [-0.3, -0.25) is 0 Å². The Morgan fingerprint density at radius 1 is 0.846 bits per heavy atom. The number of pyridine rings is 1. The maximum atomic E-state index is 13.3. The minimum Gasteiger partial charge on any atom is -0.237 e. The molecule has 3 heteroatoms. The van der Waals surface area contributed by atoms with Gasteiger partial charge in [0.2, 0.25) is 0 Å². The Balaban J connectivity index is 1.80. The second-order valence-electron chi connectivity index (χ2n) is 6.82. The highest BCUT2D eigenvalue weighted by Crippen LogP contribution is 2.42. The number of benzene rings is 2. The third kappa shape index (κ3) is 2.63. The first-order chi connectivity index (χ1) is 12.8. The van der Waals surface area contributed by atoms with Gasteiger partial charge >= 0.3 is 0 Å². The Morgan fingerprint density at radius 2 is 1.62 bits per heavy atom. The molecule has 0 spiro atoms. The Hall–Kier alpha value is -2.52. The SMILES string of the molecule is Fc1ccc(-c2cc(-c3ccccc3)c3c4c(sc3n2)CCCC4)cc1. The van der Waals surface area contributed by atoms with E-state index in [1.54, 1.807) is 0 Å². The fourth-order valence-electron chi connectivity index (χ4n) is 3.87. The first-order valence-electron chi connectivity index (χ1n) is 9.06. The molecule has 0 saturated heterocycles. The average Bonchev–Trinajstić information content (AvgIpc) is 3.07. The van der Waals surface area contributed by atoms with Crippen molar-refractivity contribution in [3.8, 4) is 22.4 Å². The van der Waals surface area contributed by atoms with Crippen molar-refractivity contribution in [1.82, 2.24) is 4.98 Å². The summed E-state index contributed by atoms with van der Waals surface area (Å²) in [6, 6.07) is 19.3. The summed E-state index contributed by atoms with van der Waals surface area (Å²) < 4.78 is 13.3. The Morgan fingerprint density at radius 3 is 2.42 bits per heavy atom. The molecule has 0 atom stereocenters. The summed E-state index contributed by atoms with van der Waals surface area (Å²) in [7, 11) is 0. The van der Waals surface area contributed by atoms with E-state index < -0.39 is 0 Å². The van der Waals surface area contributed by atoms with E-state index in [2.05, 4.69) is 30.3 Å². The van der Waals surface area contributed by atoms with Crippen LogP contribution < -0.4 is 0 Å². The molecule has 2 aromatic heterocycles. The van der Waals surface area contributed by atoms with Crippen LogP contribution >= 0.6 is 11.3 Å². The highest BCUT2D eigenvalue weighted by molar-refractivity contribution is 7.19. The zero-order chi connectivity index (χ0) is 17.5. The van der Waals surface area contributed by atoms with Crippen molar-refractivity contribution in [3.05, 3.63) is 76.9 Å². The molecule has 0 aliphatic heterocycles. The van der Waals surface area contributed by atoms with Crippen molar-refractivity contribution in [3.63, 3.8) is 0 Å². The molecule has 1 nitrogen and oxygen atoms in total. The molecule has 2 aromatic carbocycles. The Bertz CT molecular complexity index is 1080. The summed E-state index contributed by atoms with van der Waals surface area (Å²) in [4.78, 5) is 7.56. The van der Waals surface area contributed by atoms with Gasteiger partial charge in [0.05, 0.1) is 5.69 Å². The van der Waals surface area contributed by atoms with Crippen LogP contribution in [0.25, 0.3) is 32.6 Å².